The Morgan fingerprint density at radius 1 is 1.73 bits per heavy atom. The third kappa shape index (κ3) is 2.39. The zero-order chi connectivity index (χ0) is 11.6. The van der Waals surface area contributed by atoms with Gasteiger partial charge >= 0.3 is 0 Å². The first kappa shape index (κ1) is 12.2. The molecule has 84 valence electrons. The van der Waals surface area contributed by atoms with Gasteiger partial charge in [-0.25, -0.2) is 0 Å². The van der Waals surface area contributed by atoms with Crippen LogP contribution in [0.1, 0.15) is 40.5 Å². The molecule has 0 amide bonds. The first-order valence-corrected chi connectivity index (χ1v) is 5.69. The van der Waals surface area contributed by atoms with E-state index < -0.39 is 0 Å². The summed E-state index contributed by atoms with van der Waals surface area (Å²) in [5, 5.41) is 0. The van der Waals surface area contributed by atoms with Crippen molar-refractivity contribution in [3.8, 4) is 0 Å². The Balaban J connectivity index is 2.67. The Morgan fingerprint density at radius 3 is 2.73 bits per heavy atom. The van der Waals surface area contributed by atoms with E-state index >= 15 is 0 Å². The molecule has 0 aromatic rings. The standard InChI is InChI=1S/C14H22O/c1-10(9-15)8-11(2)13-7-6-12(3)14(13,4)5/h6,9,11,13H,1,7-8H2,2-5H3. The van der Waals surface area contributed by atoms with E-state index in [1.807, 2.05) is 0 Å². The van der Waals surface area contributed by atoms with Crippen molar-refractivity contribution < 1.29 is 4.79 Å². The fourth-order valence-corrected chi connectivity index (χ4v) is 2.70. The summed E-state index contributed by atoms with van der Waals surface area (Å²) in [6.45, 7) is 12.8. The Labute approximate surface area is 93.3 Å². The molecule has 0 aliphatic heterocycles. The minimum Gasteiger partial charge on any atom is -0.298 e. The maximum atomic E-state index is 10.6. The minimum absolute atomic E-state index is 0.280. The topological polar surface area (TPSA) is 17.1 Å². The van der Waals surface area contributed by atoms with Gasteiger partial charge in [-0.1, -0.05) is 39.0 Å². The molecule has 0 saturated carbocycles. The highest BCUT2D eigenvalue weighted by Gasteiger charge is 2.37. The Morgan fingerprint density at radius 2 is 2.33 bits per heavy atom. The molecule has 0 heterocycles. The normalized spacial score (nSPS) is 25.9. The second-order valence-electron chi connectivity index (χ2n) is 5.41. The SMILES string of the molecule is C=C(C=O)CC(C)C1CC=C(C)C1(C)C. The maximum absolute atomic E-state index is 10.6. The molecule has 15 heavy (non-hydrogen) atoms. The largest absolute Gasteiger partial charge is 0.298 e. The molecule has 2 unspecified atom stereocenters. The van der Waals surface area contributed by atoms with Gasteiger partial charge in [0.25, 0.3) is 0 Å². The first-order chi connectivity index (χ1) is 6.89. The van der Waals surface area contributed by atoms with Crippen LogP contribution in [-0.4, -0.2) is 6.29 Å². The van der Waals surface area contributed by atoms with Crippen molar-refractivity contribution in [2.45, 2.75) is 40.5 Å². The van der Waals surface area contributed by atoms with Crippen LogP contribution >= 0.6 is 0 Å². The molecule has 0 saturated heterocycles. The van der Waals surface area contributed by atoms with Gasteiger partial charge < -0.3 is 0 Å². The summed E-state index contributed by atoms with van der Waals surface area (Å²) in [6.07, 6.45) is 5.20. The molecule has 1 heteroatoms. The van der Waals surface area contributed by atoms with Crippen LogP contribution in [0.3, 0.4) is 0 Å². The van der Waals surface area contributed by atoms with Gasteiger partial charge in [0.2, 0.25) is 0 Å². The van der Waals surface area contributed by atoms with E-state index in [1.165, 1.54) is 5.57 Å². The van der Waals surface area contributed by atoms with E-state index in [1.54, 1.807) is 0 Å². The molecule has 0 aromatic heterocycles. The smallest absolute Gasteiger partial charge is 0.145 e. The van der Waals surface area contributed by atoms with Crippen molar-refractivity contribution in [3.05, 3.63) is 23.8 Å². The van der Waals surface area contributed by atoms with Gasteiger partial charge in [0.1, 0.15) is 6.29 Å². The second kappa shape index (κ2) is 4.34. The third-order valence-electron chi connectivity index (χ3n) is 4.06. The molecule has 0 radical (unpaired) electrons. The fraction of sp³-hybridized carbons (Fsp3) is 0.643. The summed E-state index contributed by atoms with van der Waals surface area (Å²) in [5.41, 5.74) is 2.49. The van der Waals surface area contributed by atoms with E-state index in [0.717, 1.165) is 24.7 Å². The highest BCUT2D eigenvalue weighted by molar-refractivity contribution is 5.71. The van der Waals surface area contributed by atoms with E-state index in [2.05, 4.69) is 40.3 Å². The van der Waals surface area contributed by atoms with Crippen LogP contribution in [0.2, 0.25) is 0 Å². The zero-order valence-electron chi connectivity index (χ0n) is 10.3. The number of aldehydes is 1. The van der Waals surface area contributed by atoms with Crippen LogP contribution in [0.4, 0.5) is 0 Å². The van der Waals surface area contributed by atoms with Crippen molar-refractivity contribution in [2.75, 3.05) is 0 Å². The molecule has 1 aliphatic rings. The van der Waals surface area contributed by atoms with Crippen molar-refractivity contribution in [1.29, 1.82) is 0 Å². The van der Waals surface area contributed by atoms with Crippen molar-refractivity contribution >= 4 is 6.29 Å². The van der Waals surface area contributed by atoms with Gasteiger partial charge in [-0.3, -0.25) is 4.79 Å². The Bertz CT molecular complexity index is 296. The highest BCUT2D eigenvalue weighted by Crippen LogP contribution is 2.47. The molecule has 0 aromatic carbocycles. The molecule has 0 N–H and O–H groups in total. The summed E-state index contributed by atoms with van der Waals surface area (Å²) >= 11 is 0. The lowest BCUT2D eigenvalue weighted by Gasteiger charge is -2.34. The number of carbonyl (C=O) groups is 1. The summed E-state index contributed by atoms with van der Waals surface area (Å²) < 4.78 is 0. The molecule has 1 aliphatic carbocycles. The predicted molar refractivity (Wildman–Crippen MR) is 64.6 cm³/mol. The fourth-order valence-electron chi connectivity index (χ4n) is 2.70. The van der Waals surface area contributed by atoms with Gasteiger partial charge in [0.05, 0.1) is 0 Å². The lowest BCUT2D eigenvalue weighted by atomic mass is 9.70. The second-order valence-corrected chi connectivity index (χ2v) is 5.41. The van der Waals surface area contributed by atoms with E-state index in [0.29, 0.717) is 11.8 Å². The third-order valence-corrected chi connectivity index (χ3v) is 4.06. The van der Waals surface area contributed by atoms with Gasteiger partial charge in [-0.05, 0) is 42.6 Å². The molecule has 1 rings (SSSR count). The molecular formula is C14H22O. The quantitative estimate of drug-likeness (QED) is 0.389. The number of carbonyl (C=O) groups excluding carboxylic acids is 1. The summed E-state index contributed by atoms with van der Waals surface area (Å²) in [6, 6.07) is 0. The zero-order valence-corrected chi connectivity index (χ0v) is 10.3. The Hall–Kier alpha value is -0.850. The molecular weight excluding hydrogens is 184 g/mol. The van der Waals surface area contributed by atoms with Crippen molar-refractivity contribution in [3.63, 3.8) is 0 Å². The summed E-state index contributed by atoms with van der Waals surface area (Å²) in [7, 11) is 0. The summed E-state index contributed by atoms with van der Waals surface area (Å²) in [4.78, 5) is 10.6. The van der Waals surface area contributed by atoms with Crippen LogP contribution in [-0.2, 0) is 4.79 Å². The monoisotopic (exact) mass is 206 g/mol. The van der Waals surface area contributed by atoms with Gasteiger partial charge in [0.15, 0.2) is 0 Å². The predicted octanol–water partition coefficient (Wildman–Crippen LogP) is 3.76. The maximum Gasteiger partial charge on any atom is 0.145 e. The number of rotatable bonds is 4. The van der Waals surface area contributed by atoms with Crippen LogP contribution in [0.15, 0.2) is 23.8 Å². The molecule has 0 fully saturated rings. The van der Waals surface area contributed by atoms with Crippen LogP contribution in [0.25, 0.3) is 0 Å². The van der Waals surface area contributed by atoms with Crippen LogP contribution < -0.4 is 0 Å². The van der Waals surface area contributed by atoms with Crippen molar-refractivity contribution in [2.24, 2.45) is 17.3 Å². The molecule has 0 bridgehead atoms. The number of hydrogen-bond acceptors (Lipinski definition) is 1. The molecule has 1 nitrogen and oxygen atoms in total. The van der Waals surface area contributed by atoms with E-state index in [9.17, 15) is 4.79 Å². The average Bonchev–Trinajstić information content (AvgIpc) is 2.41. The van der Waals surface area contributed by atoms with Gasteiger partial charge in [0, 0.05) is 0 Å². The lowest BCUT2D eigenvalue weighted by Crippen LogP contribution is -2.26. The van der Waals surface area contributed by atoms with E-state index in [4.69, 9.17) is 0 Å². The molecule has 0 spiro atoms. The number of hydrogen-bond donors (Lipinski definition) is 0. The van der Waals surface area contributed by atoms with Crippen molar-refractivity contribution in [1.82, 2.24) is 0 Å². The van der Waals surface area contributed by atoms with E-state index in [-0.39, 0.29) is 5.41 Å². The lowest BCUT2D eigenvalue weighted by molar-refractivity contribution is -0.105. The first-order valence-electron chi connectivity index (χ1n) is 5.69. The minimum atomic E-state index is 0.280. The van der Waals surface area contributed by atoms with Gasteiger partial charge in [-0.15, -0.1) is 0 Å². The number of allylic oxidation sites excluding steroid dienone is 3. The average molecular weight is 206 g/mol. The molecule has 2 atom stereocenters. The van der Waals surface area contributed by atoms with Gasteiger partial charge in [-0.2, -0.15) is 0 Å². The highest BCUT2D eigenvalue weighted by atomic mass is 16.1. The van der Waals surface area contributed by atoms with Crippen LogP contribution in [0, 0.1) is 17.3 Å². The van der Waals surface area contributed by atoms with Crippen LogP contribution in [0.5, 0.6) is 0 Å². The Kier molecular flexibility index (Phi) is 3.54. The summed E-state index contributed by atoms with van der Waals surface area (Å²) in [5.74, 6) is 1.18.